The van der Waals surface area contributed by atoms with E-state index in [1.165, 1.54) is 0 Å². The smallest absolute Gasteiger partial charge is 0.324 e. The van der Waals surface area contributed by atoms with Crippen LogP contribution in [0.25, 0.3) is 0 Å². The molecular weight excluding hydrogens is 370 g/mol. The van der Waals surface area contributed by atoms with Gasteiger partial charge >= 0.3 is 11.9 Å². The standard InChI is InChI=1S/C23H27NO5/c1-23(22(26)27)13-19(28-2)15-24(14-17-9-5-3-6-10-17)20(23)21(25)29-16-18-11-7-4-8-12-18/h3-12,19-20H,13-16H2,1-2H3,(H,26,27)/t19-,20+,23-/m0/s1. The third-order valence-electron chi connectivity index (χ3n) is 5.56. The summed E-state index contributed by atoms with van der Waals surface area (Å²) in [5.41, 5.74) is 0.539. The quantitative estimate of drug-likeness (QED) is 0.724. The molecule has 1 aliphatic rings. The number of aliphatic carboxylic acids is 1. The van der Waals surface area contributed by atoms with Crippen molar-refractivity contribution in [3.63, 3.8) is 0 Å². The summed E-state index contributed by atoms with van der Waals surface area (Å²) in [6.45, 7) is 2.61. The van der Waals surface area contributed by atoms with Crippen molar-refractivity contribution in [1.82, 2.24) is 4.90 Å². The predicted molar refractivity (Wildman–Crippen MR) is 108 cm³/mol. The van der Waals surface area contributed by atoms with E-state index in [2.05, 4.69) is 0 Å². The van der Waals surface area contributed by atoms with Gasteiger partial charge in [-0.1, -0.05) is 60.7 Å². The van der Waals surface area contributed by atoms with E-state index >= 15 is 0 Å². The second-order valence-electron chi connectivity index (χ2n) is 7.70. The molecular formula is C23H27NO5. The summed E-state index contributed by atoms with van der Waals surface area (Å²) < 4.78 is 11.1. The van der Waals surface area contributed by atoms with Crippen LogP contribution in [0.15, 0.2) is 60.7 Å². The monoisotopic (exact) mass is 397 g/mol. The Balaban J connectivity index is 1.87. The molecule has 0 bridgehead atoms. The molecule has 0 amide bonds. The van der Waals surface area contributed by atoms with E-state index in [0.717, 1.165) is 11.1 Å². The second-order valence-corrected chi connectivity index (χ2v) is 7.70. The molecule has 6 heteroatoms. The summed E-state index contributed by atoms with van der Waals surface area (Å²) in [5.74, 6) is -1.55. The number of hydrogen-bond donors (Lipinski definition) is 1. The Kier molecular flexibility index (Phi) is 6.67. The number of piperidine rings is 1. The Morgan fingerprint density at radius 3 is 2.21 bits per heavy atom. The lowest BCUT2D eigenvalue weighted by molar-refractivity contribution is -0.178. The van der Waals surface area contributed by atoms with Gasteiger partial charge in [-0.25, -0.2) is 0 Å². The van der Waals surface area contributed by atoms with Crippen LogP contribution in [0.5, 0.6) is 0 Å². The molecule has 2 aromatic carbocycles. The fraction of sp³-hybridized carbons (Fsp3) is 0.391. The van der Waals surface area contributed by atoms with Crippen molar-refractivity contribution in [1.29, 1.82) is 0 Å². The maximum atomic E-state index is 13.1. The molecule has 1 fully saturated rings. The topological polar surface area (TPSA) is 76.1 Å². The van der Waals surface area contributed by atoms with Crippen molar-refractivity contribution >= 4 is 11.9 Å². The molecule has 0 aliphatic carbocycles. The van der Waals surface area contributed by atoms with Crippen LogP contribution >= 0.6 is 0 Å². The van der Waals surface area contributed by atoms with Crippen LogP contribution in [0.4, 0.5) is 0 Å². The molecule has 0 saturated carbocycles. The molecule has 1 N–H and O–H groups in total. The third-order valence-corrected chi connectivity index (χ3v) is 5.56. The Hall–Kier alpha value is -2.70. The molecule has 0 aromatic heterocycles. The lowest BCUT2D eigenvalue weighted by Crippen LogP contribution is -2.62. The molecule has 1 aliphatic heterocycles. The molecule has 154 valence electrons. The number of carbonyl (C=O) groups is 2. The number of carbonyl (C=O) groups excluding carboxylic acids is 1. The van der Waals surface area contributed by atoms with Gasteiger partial charge in [0.15, 0.2) is 0 Å². The SMILES string of the molecule is CO[C@@H]1CN(Cc2ccccc2)[C@H](C(=O)OCc2ccccc2)[C@@](C)(C(=O)O)C1. The van der Waals surface area contributed by atoms with Crippen LogP contribution in [0, 0.1) is 5.41 Å². The Morgan fingerprint density at radius 2 is 1.66 bits per heavy atom. The highest BCUT2D eigenvalue weighted by atomic mass is 16.5. The normalized spacial score (nSPS) is 24.8. The lowest BCUT2D eigenvalue weighted by atomic mass is 9.73. The van der Waals surface area contributed by atoms with Gasteiger partial charge in [-0.15, -0.1) is 0 Å². The number of nitrogens with zero attached hydrogens (tertiary/aromatic N) is 1. The maximum Gasteiger partial charge on any atom is 0.324 e. The van der Waals surface area contributed by atoms with E-state index in [1.807, 2.05) is 65.6 Å². The Morgan fingerprint density at radius 1 is 1.07 bits per heavy atom. The fourth-order valence-corrected chi connectivity index (χ4v) is 3.97. The maximum absolute atomic E-state index is 13.1. The van der Waals surface area contributed by atoms with Crippen molar-refractivity contribution in [3.05, 3.63) is 71.8 Å². The van der Waals surface area contributed by atoms with Gasteiger partial charge in [-0.2, -0.15) is 0 Å². The Labute approximate surface area is 171 Å². The van der Waals surface area contributed by atoms with Gasteiger partial charge in [-0.05, 0) is 24.5 Å². The van der Waals surface area contributed by atoms with Gasteiger partial charge < -0.3 is 14.6 Å². The fourth-order valence-electron chi connectivity index (χ4n) is 3.97. The molecule has 3 atom stereocenters. The highest BCUT2D eigenvalue weighted by molar-refractivity contribution is 5.87. The minimum Gasteiger partial charge on any atom is -0.481 e. The van der Waals surface area contributed by atoms with Gasteiger partial charge in [0, 0.05) is 20.2 Å². The van der Waals surface area contributed by atoms with Crippen molar-refractivity contribution in [2.45, 2.75) is 38.6 Å². The van der Waals surface area contributed by atoms with Crippen molar-refractivity contribution in [3.8, 4) is 0 Å². The largest absolute Gasteiger partial charge is 0.481 e. The molecule has 0 spiro atoms. The molecule has 3 rings (SSSR count). The highest BCUT2D eigenvalue weighted by Crippen LogP contribution is 2.38. The van der Waals surface area contributed by atoms with Crippen LogP contribution in [0.3, 0.4) is 0 Å². The summed E-state index contributed by atoms with van der Waals surface area (Å²) in [6.07, 6.45) is -0.0344. The van der Waals surface area contributed by atoms with Crippen LogP contribution in [-0.2, 0) is 32.2 Å². The number of esters is 1. The van der Waals surface area contributed by atoms with Crippen molar-refractivity contribution in [2.24, 2.45) is 5.41 Å². The zero-order valence-electron chi connectivity index (χ0n) is 16.8. The first kappa shape index (κ1) is 21.0. The first-order valence-electron chi connectivity index (χ1n) is 9.69. The highest BCUT2D eigenvalue weighted by Gasteiger charge is 2.54. The summed E-state index contributed by atoms with van der Waals surface area (Å²) in [5, 5.41) is 10.0. The van der Waals surface area contributed by atoms with E-state index in [9.17, 15) is 14.7 Å². The van der Waals surface area contributed by atoms with E-state index < -0.39 is 23.4 Å². The third kappa shape index (κ3) is 4.83. The number of hydrogen-bond acceptors (Lipinski definition) is 5. The van der Waals surface area contributed by atoms with Gasteiger partial charge in [0.1, 0.15) is 12.6 Å². The van der Waals surface area contributed by atoms with E-state index in [0.29, 0.717) is 13.1 Å². The molecule has 6 nitrogen and oxygen atoms in total. The van der Waals surface area contributed by atoms with Gasteiger partial charge in [0.05, 0.1) is 11.5 Å². The molecule has 1 saturated heterocycles. The van der Waals surface area contributed by atoms with Crippen LogP contribution in [-0.4, -0.2) is 47.7 Å². The summed E-state index contributed by atoms with van der Waals surface area (Å²) in [4.78, 5) is 27.2. The number of carboxylic acids is 1. The van der Waals surface area contributed by atoms with Crippen molar-refractivity contribution in [2.75, 3.05) is 13.7 Å². The first-order chi connectivity index (χ1) is 13.9. The first-order valence-corrected chi connectivity index (χ1v) is 9.69. The number of benzene rings is 2. The minimum atomic E-state index is -1.32. The zero-order chi connectivity index (χ0) is 20.9. The molecule has 2 aromatic rings. The van der Waals surface area contributed by atoms with Crippen molar-refractivity contribution < 1.29 is 24.2 Å². The van der Waals surface area contributed by atoms with Gasteiger partial charge in [-0.3, -0.25) is 14.5 Å². The molecule has 0 unspecified atom stereocenters. The van der Waals surface area contributed by atoms with E-state index in [1.54, 1.807) is 14.0 Å². The van der Waals surface area contributed by atoms with E-state index in [-0.39, 0.29) is 19.1 Å². The zero-order valence-corrected chi connectivity index (χ0v) is 16.8. The van der Waals surface area contributed by atoms with Gasteiger partial charge in [0.2, 0.25) is 0 Å². The second kappa shape index (κ2) is 9.20. The Bertz CT molecular complexity index is 826. The number of rotatable bonds is 7. The lowest BCUT2D eigenvalue weighted by Gasteiger charge is -2.46. The minimum absolute atomic E-state index is 0.110. The number of methoxy groups -OCH3 is 1. The summed E-state index contributed by atoms with van der Waals surface area (Å²) >= 11 is 0. The summed E-state index contributed by atoms with van der Waals surface area (Å²) in [7, 11) is 1.57. The average molecular weight is 397 g/mol. The van der Waals surface area contributed by atoms with E-state index in [4.69, 9.17) is 9.47 Å². The summed E-state index contributed by atoms with van der Waals surface area (Å²) in [6, 6.07) is 18.1. The van der Waals surface area contributed by atoms with Crippen LogP contribution in [0.2, 0.25) is 0 Å². The molecule has 0 radical (unpaired) electrons. The van der Waals surface area contributed by atoms with Crippen LogP contribution in [0.1, 0.15) is 24.5 Å². The number of likely N-dealkylation sites (tertiary alicyclic amines) is 1. The molecule has 29 heavy (non-hydrogen) atoms. The average Bonchev–Trinajstić information content (AvgIpc) is 2.73. The number of carboxylic acid groups (broad SMARTS) is 1. The predicted octanol–water partition coefficient (Wildman–Crippen LogP) is 3.11. The molecule has 1 heterocycles. The number of ether oxygens (including phenoxy) is 2. The van der Waals surface area contributed by atoms with Crippen LogP contribution < -0.4 is 0 Å². The van der Waals surface area contributed by atoms with Gasteiger partial charge in [0.25, 0.3) is 0 Å².